The van der Waals surface area contributed by atoms with Crippen molar-refractivity contribution in [1.82, 2.24) is 14.5 Å². The van der Waals surface area contributed by atoms with Gasteiger partial charge in [0.1, 0.15) is 4.90 Å². The van der Waals surface area contributed by atoms with Crippen LogP contribution in [0.5, 0.6) is 0 Å². The molecular formula is C11H15N5O2S. The molecule has 0 radical (unpaired) electrons. The van der Waals surface area contributed by atoms with Gasteiger partial charge in [0.15, 0.2) is 0 Å². The van der Waals surface area contributed by atoms with Crippen LogP contribution in [0.15, 0.2) is 41.6 Å². The van der Waals surface area contributed by atoms with E-state index in [1.54, 1.807) is 30.6 Å². The fourth-order valence-electron chi connectivity index (χ4n) is 1.68. The lowest BCUT2D eigenvalue weighted by Gasteiger charge is -2.18. The number of nitrogens with one attached hydrogen (secondary N) is 2. The number of sulfonamides is 1. The third kappa shape index (κ3) is 2.75. The summed E-state index contributed by atoms with van der Waals surface area (Å²) >= 11 is 0. The molecule has 0 aliphatic heterocycles. The van der Waals surface area contributed by atoms with Gasteiger partial charge in [-0.2, -0.15) is 9.40 Å². The second-order valence-electron chi connectivity index (χ2n) is 4.01. The van der Waals surface area contributed by atoms with Crippen LogP contribution >= 0.6 is 0 Å². The van der Waals surface area contributed by atoms with Gasteiger partial charge in [-0.25, -0.2) is 8.42 Å². The lowest BCUT2D eigenvalue weighted by molar-refractivity contribution is 0.467. The summed E-state index contributed by atoms with van der Waals surface area (Å²) in [5.41, 5.74) is 3.54. The van der Waals surface area contributed by atoms with Crippen LogP contribution in [0.2, 0.25) is 0 Å². The molecule has 1 heterocycles. The molecule has 0 aliphatic carbocycles. The summed E-state index contributed by atoms with van der Waals surface area (Å²) in [6.07, 6.45) is 3.23. The van der Waals surface area contributed by atoms with Gasteiger partial charge in [-0.1, -0.05) is 12.1 Å². The molecule has 0 bridgehead atoms. The fraction of sp³-hybridized carbons (Fsp3) is 0.182. The smallest absolute Gasteiger partial charge is 0.245 e. The van der Waals surface area contributed by atoms with Crippen LogP contribution in [0.4, 0.5) is 5.69 Å². The highest BCUT2D eigenvalue weighted by Crippen LogP contribution is 2.23. The molecule has 0 aliphatic rings. The van der Waals surface area contributed by atoms with Crippen molar-refractivity contribution in [2.45, 2.75) is 11.4 Å². The summed E-state index contributed by atoms with van der Waals surface area (Å²) in [7, 11) is -2.10. The highest BCUT2D eigenvalue weighted by atomic mass is 32.2. The van der Waals surface area contributed by atoms with Crippen LogP contribution in [0.3, 0.4) is 0 Å². The lowest BCUT2D eigenvalue weighted by atomic mass is 10.3. The number of hydrazine groups is 1. The molecule has 0 saturated heterocycles. The number of benzene rings is 1. The van der Waals surface area contributed by atoms with E-state index in [1.807, 2.05) is 0 Å². The predicted octanol–water partition coefficient (Wildman–Crippen LogP) is 0.516. The molecule has 0 unspecified atom stereocenters. The first-order chi connectivity index (χ1) is 9.05. The molecule has 4 N–H and O–H groups in total. The van der Waals surface area contributed by atoms with Crippen molar-refractivity contribution in [3.63, 3.8) is 0 Å². The molecule has 0 fully saturated rings. The number of aromatic nitrogens is 2. The minimum absolute atomic E-state index is 0.142. The van der Waals surface area contributed by atoms with Gasteiger partial charge in [-0.3, -0.25) is 10.9 Å². The van der Waals surface area contributed by atoms with Gasteiger partial charge in [0.05, 0.1) is 11.9 Å². The number of rotatable bonds is 5. The Morgan fingerprint density at radius 2 is 2.16 bits per heavy atom. The van der Waals surface area contributed by atoms with Crippen LogP contribution in [0.1, 0.15) is 5.56 Å². The zero-order valence-electron chi connectivity index (χ0n) is 10.4. The fourth-order valence-corrected chi connectivity index (χ4v) is 3.00. The monoisotopic (exact) mass is 281 g/mol. The van der Waals surface area contributed by atoms with Crippen molar-refractivity contribution >= 4 is 15.7 Å². The van der Waals surface area contributed by atoms with E-state index in [1.165, 1.54) is 17.4 Å². The number of para-hydroxylation sites is 1. The number of nitrogens with zero attached hydrogens (tertiary/aromatic N) is 2. The second kappa shape index (κ2) is 5.39. The standard InChI is InChI=1S/C11H15N5O2S/c1-16(8-9-6-13-14-7-9)19(17,18)11-5-3-2-4-10(11)15-12/h2-7,15H,8,12H2,1H3,(H,13,14). The number of hydrogen-bond donors (Lipinski definition) is 3. The average Bonchev–Trinajstić information content (AvgIpc) is 2.91. The van der Waals surface area contributed by atoms with Gasteiger partial charge in [0.25, 0.3) is 0 Å². The summed E-state index contributed by atoms with van der Waals surface area (Å²) in [6.45, 7) is 0.234. The molecule has 1 aromatic heterocycles. The highest BCUT2D eigenvalue weighted by molar-refractivity contribution is 7.89. The summed E-state index contributed by atoms with van der Waals surface area (Å²) in [5, 5.41) is 6.43. The maximum atomic E-state index is 12.4. The zero-order chi connectivity index (χ0) is 13.9. The zero-order valence-corrected chi connectivity index (χ0v) is 11.2. The Kier molecular flexibility index (Phi) is 3.84. The number of nitrogens with two attached hydrogens (primary N) is 1. The van der Waals surface area contributed by atoms with Gasteiger partial charge >= 0.3 is 0 Å². The van der Waals surface area contributed by atoms with Crippen LogP contribution in [0.25, 0.3) is 0 Å². The Bertz CT molecular complexity index is 639. The molecule has 102 valence electrons. The maximum absolute atomic E-state index is 12.4. The minimum atomic E-state index is -3.61. The van der Waals surface area contributed by atoms with Crippen LogP contribution < -0.4 is 11.3 Å². The Morgan fingerprint density at radius 3 is 2.79 bits per heavy atom. The largest absolute Gasteiger partial charge is 0.323 e. The van der Waals surface area contributed by atoms with E-state index >= 15 is 0 Å². The van der Waals surface area contributed by atoms with E-state index in [2.05, 4.69) is 15.6 Å². The Labute approximate surface area is 111 Å². The van der Waals surface area contributed by atoms with Gasteiger partial charge in [0, 0.05) is 25.4 Å². The summed E-state index contributed by atoms with van der Waals surface area (Å²) in [6, 6.07) is 6.48. The Balaban J connectivity index is 2.31. The van der Waals surface area contributed by atoms with E-state index < -0.39 is 10.0 Å². The molecule has 7 nitrogen and oxygen atoms in total. The van der Waals surface area contributed by atoms with Gasteiger partial charge in [0.2, 0.25) is 10.0 Å². The van der Waals surface area contributed by atoms with Crippen LogP contribution in [-0.2, 0) is 16.6 Å². The molecule has 8 heteroatoms. The van der Waals surface area contributed by atoms with E-state index in [9.17, 15) is 8.42 Å². The molecule has 0 atom stereocenters. The summed E-state index contributed by atoms with van der Waals surface area (Å²) < 4.78 is 26.1. The van der Waals surface area contributed by atoms with E-state index in [0.29, 0.717) is 5.69 Å². The number of aromatic amines is 1. The average molecular weight is 281 g/mol. The number of anilines is 1. The number of nitrogen functional groups attached to an aromatic ring is 1. The topological polar surface area (TPSA) is 104 Å². The molecule has 0 saturated carbocycles. The van der Waals surface area contributed by atoms with Crippen molar-refractivity contribution < 1.29 is 8.42 Å². The molecule has 0 amide bonds. The highest BCUT2D eigenvalue weighted by Gasteiger charge is 2.23. The van der Waals surface area contributed by atoms with Crippen LogP contribution in [-0.4, -0.2) is 30.0 Å². The normalized spacial score (nSPS) is 11.7. The van der Waals surface area contributed by atoms with E-state index in [-0.39, 0.29) is 11.4 Å². The van der Waals surface area contributed by atoms with Gasteiger partial charge < -0.3 is 5.43 Å². The lowest BCUT2D eigenvalue weighted by Crippen LogP contribution is -2.27. The van der Waals surface area contributed by atoms with Gasteiger partial charge in [-0.15, -0.1) is 0 Å². The van der Waals surface area contributed by atoms with Crippen LogP contribution in [0, 0.1) is 0 Å². The minimum Gasteiger partial charge on any atom is -0.323 e. The SMILES string of the molecule is CN(Cc1cn[nH]c1)S(=O)(=O)c1ccccc1NN. The van der Waals surface area contributed by atoms with Crippen molar-refractivity contribution in [2.75, 3.05) is 12.5 Å². The van der Waals surface area contributed by atoms with Crippen molar-refractivity contribution in [3.8, 4) is 0 Å². The molecule has 1 aromatic carbocycles. The summed E-state index contributed by atoms with van der Waals surface area (Å²) in [4.78, 5) is 0.142. The Morgan fingerprint density at radius 1 is 1.42 bits per heavy atom. The molecule has 0 spiro atoms. The first-order valence-electron chi connectivity index (χ1n) is 5.55. The van der Waals surface area contributed by atoms with E-state index in [0.717, 1.165) is 5.56 Å². The molecular weight excluding hydrogens is 266 g/mol. The van der Waals surface area contributed by atoms with Crippen molar-refractivity contribution in [1.29, 1.82) is 0 Å². The van der Waals surface area contributed by atoms with E-state index in [4.69, 9.17) is 5.84 Å². The predicted molar refractivity (Wildman–Crippen MR) is 71.5 cm³/mol. The third-order valence-corrected chi connectivity index (χ3v) is 4.55. The third-order valence-electron chi connectivity index (χ3n) is 2.69. The second-order valence-corrected chi connectivity index (χ2v) is 6.02. The van der Waals surface area contributed by atoms with Crippen molar-refractivity contribution in [2.24, 2.45) is 5.84 Å². The first-order valence-corrected chi connectivity index (χ1v) is 6.99. The Hall–Kier alpha value is -1.90. The van der Waals surface area contributed by atoms with Crippen molar-refractivity contribution in [3.05, 3.63) is 42.2 Å². The molecule has 19 heavy (non-hydrogen) atoms. The van der Waals surface area contributed by atoms with Gasteiger partial charge in [-0.05, 0) is 12.1 Å². The number of hydrogen-bond acceptors (Lipinski definition) is 5. The first kappa shape index (κ1) is 13.5. The number of H-pyrrole nitrogens is 1. The maximum Gasteiger partial charge on any atom is 0.245 e. The molecule has 2 rings (SSSR count). The molecule has 2 aromatic rings. The quantitative estimate of drug-likeness (QED) is 0.547. The summed E-state index contributed by atoms with van der Waals surface area (Å²) in [5.74, 6) is 5.34.